The van der Waals surface area contributed by atoms with E-state index < -0.39 is 0 Å². The molecule has 0 fully saturated rings. The fourth-order valence-corrected chi connectivity index (χ4v) is 1.50. The molecule has 2 rings (SSSR count). The summed E-state index contributed by atoms with van der Waals surface area (Å²) >= 11 is 4.16. The molecule has 0 aliphatic heterocycles. The van der Waals surface area contributed by atoms with Crippen LogP contribution in [0.25, 0.3) is 5.65 Å². The molecule has 2 N–H and O–H groups in total. The number of nitrogen functional groups attached to an aromatic ring is 1. The molecule has 0 saturated heterocycles. The van der Waals surface area contributed by atoms with Crippen molar-refractivity contribution < 1.29 is 0 Å². The van der Waals surface area contributed by atoms with E-state index in [1.165, 1.54) is 0 Å². The Morgan fingerprint density at radius 2 is 1.87 bits per heavy atom. The number of imidazole rings is 1. The summed E-state index contributed by atoms with van der Waals surface area (Å²) < 4.78 is 1.90. The molecule has 0 amide bonds. The van der Waals surface area contributed by atoms with Gasteiger partial charge in [0, 0.05) is 11.9 Å². The van der Waals surface area contributed by atoms with E-state index in [1.807, 2.05) is 38.3 Å². The van der Waals surface area contributed by atoms with Gasteiger partial charge in [-0.2, -0.15) is 0 Å². The molecule has 2 heterocycles. The monoisotopic (exact) mass is 224 g/mol. The van der Waals surface area contributed by atoms with Crippen molar-refractivity contribution in [2.45, 2.75) is 32.7 Å². The zero-order chi connectivity index (χ0) is 11.6. The number of hydrogen-bond donors (Lipinski definition) is 2. The molecule has 2 aromatic rings. The topological polar surface area (TPSA) is 56.2 Å². The summed E-state index contributed by atoms with van der Waals surface area (Å²) in [4.78, 5) is 8.33. The van der Waals surface area contributed by atoms with Gasteiger partial charge in [0.25, 0.3) is 0 Å². The zero-order valence-electron chi connectivity index (χ0n) is 9.44. The van der Waals surface area contributed by atoms with E-state index in [9.17, 15) is 0 Å². The average molecular weight is 224 g/mol. The molecule has 82 valence electrons. The van der Waals surface area contributed by atoms with Crippen LogP contribution in [0.5, 0.6) is 0 Å². The molecule has 0 unspecified atom stereocenters. The number of hydrogen-bond acceptors (Lipinski definition) is 4. The molecule has 0 saturated carbocycles. The number of anilines is 1. The van der Waals surface area contributed by atoms with Crippen molar-refractivity contribution in [2.75, 3.05) is 5.73 Å². The van der Waals surface area contributed by atoms with Crippen LogP contribution in [0.1, 0.15) is 25.2 Å². The number of aryl methyl sites for hydroxylation is 2. The molecule has 15 heavy (non-hydrogen) atoms. The van der Waals surface area contributed by atoms with Gasteiger partial charge in [-0.05, 0) is 13.8 Å². The minimum Gasteiger partial charge on any atom is -0.381 e. The zero-order valence-corrected chi connectivity index (χ0v) is 10.3. The lowest BCUT2D eigenvalue weighted by Crippen LogP contribution is -2.02. The van der Waals surface area contributed by atoms with Gasteiger partial charge in [0.2, 0.25) is 0 Å². The first-order valence-corrected chi connectivity index (χ1v) is 5.35. The third-order valence-corrected chi connectivity index (χ3v) is 2.31. The minimum absolute atomic E-state index is 0.448. The SMILES string of the molecule is CC.Cc1nc(N)c2nc(S)cn2c1C. The third kappa shape index (κ3) is 2.07. The lowest BCUT2D eigenvalue weighted by atomic mass is 10.3. The van der Waals surface area contributed by atoms with Gasteiger partial charge in [-0.1, -0.05) is 13.8 Å². The van der Waals surface area contributed by atoms with Gasteiger partial charge in [-0.25, -0.2) is 9.97 Å². The molecular formula is C10H16N4S. The molecule has 0 aliphatic carbocycles. The molecular weight excluding hydrogens is 208 g/mol. The third-order valence-electron chi connectivity index (χ3n) is 2.10. The van der Waals surface area contributed by atoms with Crippen molar-refractivity contribution in [2.24, 2.45) is 0 Å². The number of rotatable bonds is 0. The van der Waals surface area contributed by atoms with Crippen LogP contribution in [0.3, 0.4) is 0 Å². The second kappa shape index (κ2) is 4.53. The van der Waals surface area contributed by atoms with E-state index in [2.05, 4.69) is 22.6 Å². The van der Waals surface area contributed by atoms with Crippen LogP contribution >= 0.6 is 12.6 Å². The second-order valence-corrected chi connectivity index (χ2v) is 3.42. The van der Waals surface area contributed by atoms with Crippen LogP contribution in [-0.2, 0) is 0 Å². The largest absolute Gasteiger partial charge is 0.381 e. The van der Waals surface area contributed by atoms with Gasteiger partial charge in [0.05, 0.1) is 5.69 Å². The number of aromatic nitrogens is 3. The molecule has 0 aromatic carbocycles. The van der Waals surface area contributed by atoms with E-state index in [0.717, 1.165) is 11.4 Å². The predicted octanol–water partition coefficient (Wildman–Crippen LogP) is 2.24. The smallest absolute Gasteiger partial charge is 0.181 e. The normalized spacial score (nSPS) is 9.93. The molecule has 0 spiro atoms. The van der Waals surface area contributed by atoms with E-state index in [4.69, 9.17) is 5.73 Å². The summed E-state index contributed by atoms with van der Waals surface area (Å²) in [6, 6.07) is 0. The highest BCUT2D eigenvalue weighted by atomic mass is 32.1. The van der Waals surface area contributed by atoms with Crippen molar-refractivity contribution in [3.8, 4) is 0 Å². The number of nitrogens with zero attached hydrogens (tertiary/aromatic N) is 3. The quantitative estimate of drug-likeness (QED) is 0.675. The Hall–Kier alpha value is -1.23. The summed E-state index contributed by atoms with van der Waals surface area (Å²) in [5, 5.41) is 0.655. The van der Waals surface area contributed by atoms with E-state index in [1.54, 1.807) is 0 Å². The Bertz CT molecular complexity index is 476. The van der Waals surface area contributed by atoms with Crippen molar-refractivity contribution in [3.63, 3.8) is 0 Å². The first-order chi connectivity index (χ1) is 7.09. The summed E-state index contributed by atoms with van der Waals surface area (Å²) in [6.07, 6.45) is 1.83. The highest BCUT2D eigenvalue weighted by Crippen LogP contribution is 2.17. The number of nitrogens with two attached hydrogens (primary N) is 1. The Balaban J connectivity index is 0.000000531. The predicted molar refractivity (Wildman–Crippen MR) is 65.5 cm³/mol. The van der Waals surface area contributed by atoms with Gasteiger partial charge < -0.3 is 5.73 Å². The molecule has 0 aliphatic rings. The van der Waals surface area contributed by atoms with Crippen molar-refractivity contribution in [1.82, 2.24) is 14.4 Å². The Morgan fingerprint density at radius 3 is 2.47 bits per heavy atom. The number of fused-ring (bicyclic) bond motifs is 1. The maximum Gasteiger partial charge on any atom is 0.181 e. The molecule has 0 bridgehead atoms. The van der Waals surface area contributed by atoms with Crippen LogP contribution in [0.4, 0.5) is 5.82 Å². The summed E-state index contributed by atoms with van der Waals surface area (Å²) in [6.45, 7) is 7.90. The van der Waals surface area contributed by atoms with Gasteiger partial charge >= 0.3 is 0 Å². The molecule has 2 aromatic heterocycles. The Morgan fingerprint density at radius 1 is 1.27 bits per heavy atom. The summed E-state index contributed by atoms with van der Waals surface area (Å²) in [5.74, 6) is 0.448. The molecule has 0 atom stereocenters. The fourth-order valence-electron chi connectivity index (χ4n) is 1.29. The fraction of sp³-hybridized carbons (Fsp3) is 0.400. The Labute approximate surface area is 94.9 Å². The second-order valence-electron chi connectivity index (χ2n) is 2.96. The minimum atomic E-state index is 0.448. The average Bonchev–Trinajstić information content (AvgIpc) is 2.61. The van der Waals surface area contributed by atoms with Crippen LogP contribution in [-0.4, -0.2) is 14.4 Å². The summed E-state index contributed by atoms with van der Waals surface area (Å²) in [7, 11) is 0. The summed E-state index contributed by atoms with van der Waals surface area (Å²) in [5.41, 5.74) is 8.34. The van der Waals surface area contributed by atoms with Crippen LogP contribution < -0.4 is 5.73 Å². The molecule has 4 nitrogen and oxygen atoms in total. The first kappa shape index (κ1) is 11.8. The van der Waals surface area contributed by atoms with Gasteiger partial charge in [-0.15, -0.1) is 12.6 Å². The van der Waals surface area contributed by atoms with Crippen LogP contribution in [0.2, 0.25) is 0 Å². The van der Waals surface area contributed by atoms with Crippen molar-refractivity contribution in [3.05, 3.63) is 17.6 Å². The standard InChI is InChI=1S/C8H10N4S.C2H6/c1-4-5(2)12-3-6(13)11-8(12)7(9)10-4;1-2/h3,13H,1-2H3,(H2,9,10);1-2H3. The molecule has 0 radical (unpaired) electrons. The maximum absolute atomic E-state index is 5.71. The van der Waals surface area contributed by atoms with E-state index >= 15 is 0 Å². The highest BCUT2D eigenvalue weighted by Gasteiger charge is 2.07. The van der Waals surface area contributed by atoms with Crippen LogP contribution in [0.15, 0.2) is 11.2 Å². The Kier molecular flexibility index (Phi) is 3.57. The van der Waals surface area contributed by atoms with Gasteiger partial charge in [-0.3, -0.25) is 4.40 Å². The van der Waals surface area contributed by atoms with Crippen molar-refractivity contribution in [1.29, 1.82) is 0 Å². The molecule has 5 heteroatoms. The van der Waals surface area contributed by atoms with Gasteiger partial charge in [0.1, 0.15) is 5.03 Å². The van der Waals surface area contributed by atoms with E-state index in [-0.39, 0.29) is 0 Å². The van der Waals surface area contributed by atoms with Crippen LogP contribution in [0, 0.1) is 13.8 Å². The lowest BCUT2D eigenvalue weighted by molar-refractivity contribution is 1.00. The number of thiol groups is 1. The lowest BCUT2D eigenvalue weighted by Gasteiger charge is -2.04. The van der Waals surface area contributed by atoms with Crippen molar-refractivity contribution >= 4 is 24.1 Å². The van der Waals surface area contributed by atoms with Gasteiger partial charge in [0.15, 0.2) is 11.5 Å². The first-order valence-electron chi connectivity index (χ1n) is 4.90. The van der Waals surface area contributed by atoms with E-state index in [0.29, 0.717) is 16.5 Å². The maximum atomic E-state index is 5.71. The highest BCUT2D eigenvalue weighted by molar-refractivity contribution is 7.80.